The Morgan fingerprint density at radius 1 is 1.03 bits per heavy atom. The van der Waals surface area contributed by atoms with Crippen LogP contribution < -0.4 is 10.1 Å². The Labute approximate surface area is 172 Å². The highest BCUT2D eigenvalue weighted by Gasteiger charge is 2.21. The second kappa shape index (κ2) is 9.41. The second-order valence-corrected chi connectivity index (χ2v) is 9.49. The molecule has 1 aliphatic carbocycles. The van der Waals surface area contributed by atoms with Crippen molar-refractivity contribution in [3.63, 3.8) is 0 Å². The molecule has 1 N–H and O–H groups in total. The van der Waals surface area contributed by atoms with Gasteiger partial charge in [-0.25, -0.2) is 8.42 Å². The zero-order valence-corrected chi connectivity index (χ0v) is 17.7. The van der Waals surface area contributed by atoms with Crippen LogP contribution in [0.25, 0.3) is 0 Å². The van der Waals surface area contributed by atoms with E-state index in [0.717, 1.165) is 18.4 Å². The van der Waals surface area contributed by atoms with Gasteiger partial charge in [0.15, 0.2) is 0 Å². The van der Waals surface area contributed by atoms with Gasteiger partial charge in [0.05, 0.1) is 12.0 Å². The third-order valence-corrected chi connectivity index (χ3v) is 7.15. The summed E-state index contributed by atoms with van der Waals surface area (Å²) in [4.78, 5) is 12.6. The van der Waals surface area contributed by atoms with Crippen molar-refractivity contribution in [1.29, 1.82) is 0 Å². The number of nitrogens with one attached hydrogen (secondary N) is 1. The standard InChI is InChI=1S/C22H28N2O4S/c1-24(29(26,27)21-14-12-20(28-2)13-15-21)16-17-8-10-18(11-9-17)22(25)23-19-6-4-3-5-7-19/h8-15,19H,3-7,16H2,1-2H3,(H,23,25). The van der Waals surface area contributed by atoms with E-state index in [4.69, 9.17) is 4.74 Å². The van der Waals surface area contributed by atoms with Crippen molar-refractivity contribution in [2.45, 2.75) is 49.6 Å². The number of nitrogens with zero attached hydrogens (tertiary/aromatic N) is 1. The largest absolute Gasteiger partial charge is 0.497 e. The molecule has 156 valence electrons. The van der Waals surface area contributed by atoms with Gasteiger partial charge in [-0.1, -0.05) is 31.4 Å². The number of methoxy groups -OCH3 is 1. The van der Waals surface area contributed by atoms with Crippen LogP contribution in [0.3, 0.4) is 0 Å². The smallest absolute Gasteiger partial charge is 0.251 e. The Balaban J connectivity index is 1.62. The van der Waals surface area contributed by atoms with Gasteiger partial charge in [-0.3, -0.25) is 4.79 Å². The first-order valence-corrected chi connectivity index (χ1v) is 11.3. The van der Waals surface area contributed by atoms with Gasteiger partial charge in [0, 0.05) is 25.2 Å². The summed E-state index contributed by atoms with van der Waals surface area (Å²) in [5.74, 6) is 0.538. The van der Waals surface area contributed by atoms with Crippen molar-refractivity contribution in [2.75, 3.05) is 14.2 Å². The zero-order chi connectivity index (χ0) is 20.9. The monoisotopic (exact) mass is 416 g/mol. The number of ether oxygens (including phenoxy) is 1. The Bertz CT molecular complexity index is 918. The number of hydrogen-bond donors (Lipinski definition) is 1. The molecule has 0 saturated heterocycles. The summed E-state index contributed by atoms with van der Waals surface area (Å²) in [5.41, 5.74) is 1.42. The second-order valence-electron chi connectivity index (χ2n) is 7.44. The van der Waals surface area contributed by atoms with E-state index >= 15 is 0 Å². The molecule has 1 amide bonds. The number of rotatable bonds is 7. The van der Waals surface area contributed by atoms with Crippen LogP contribution in [0.15, 0.2) is 53.4 Å². The normalized spacial score (nSPS) is 15.3. The van der Waals surface area contributed by atoms with Crippen LogP contribution in [0.2, 0.25) is 0 Å². The average Bonchev–Trinajstić information content (AvgIpc) is 2.75. The number of amides is 1. The molecule has 0 unspecified atom stereocenters. The minimum atomic E-state index is -3.61. The Morgan fingerprint density at radius 2 is 1.66 bits per heavy atom. The molecule has 1 aliphatic rings. The number of sulfonamides is 1. The summed E-state index contributed by atoms with van der Waals surface area (Å²) in [7, 11) is -0.528. The number of benzene rings is 2. The van der Waals surface area contributed by atoms with E-state index in [1.54, 1.807) is 43.4 Å². The minimum Gasteiger partial charge on any atom is -0.497 e. The van der Waals surface area contributed by atoms with Crippen LogP contribution in [0.4, 0.5) is 0 Å². The topological polar surface area (TPSA) is 75.7 Å². The lowest BCUT2D eigenvalue weighted by molar-refractivity contribution is 0.0927. The maximum absolute atomic E-state index is 12.8. The molecule has 2 aromatic rings. The Morgan fingerprint density at radius 3 is 2.24 bits per heavy atom. The first kappa shape index (κ1) is 21.3. The van der Waals surface area contributed by atoms with E-state index in [-0.39, 0.29) is 23.4 Å². The Hall–Kier alpha value is -2.38. The summed E-state index contributed by atoms with van der Waals surface area (Å²) in [5, 5.41) is 3.09. The molecule has 0 atom stereocenters. The van der Waals surface area contributed by atoms with Crippen LogP contribution >= 0.6 is 0 Å². The van der Waals surface area contributed by atoms with E-state index in [2.05, 4.69) is 5.32 Å². The van der Waals surface area contributed by atoms with Gasteiger partial charge in [-0.15, -0.1) is 0 Å². The van der Waals surface area contributed by atoms with E-state index in [1.807, 2.05) is 0 Å². The summed E-state index contributed by atoms with van der Waals surface area (Å²) in [6, 6.07) is 13.7. The quantitative estimate of drug-likeness (QED) is 0.749. The Kier molecular flexibility index (Phi) is 6.92. The molecule has 0 aliphatic heterocycles. The van der Waals surface area contributed by atoms with Crippen molar-refractivity contribution < 1.29 is 17.9 Å². The zero-order valence-electron chi connectivity index (χ0n) is 16.9. The fourth-order valence-corrected chi connectivity index (χ4v) is 4.71. The maximum Gasteiger partial charge on any atom is 0.251 e. The molecule has 0 aromatic heterocycles. The van der Waals surface area contributed by atoms with Gasteiger partial charge < -0.3 is 10.1 Å². The van der Waals surface area contributed by atoms with Crippen molar-refractivity contribution in [1.82, 2.24) is 9.62 Å². The van der Waals surface area contributed by atoms with E-state index in [1.165, 1.54) is 42.8 Å². The number of carbonyl (C=O) groups excluding carboxylic acids is 1. The van der Waals surface area contributed by atoms with Crippen molar-refractivity contribution in [2.24, 2.45) is 0 Å². The first-order valence-electron chi connectivity index (χ1n) is 9.90. The van der Waals surface area contributed by atoms with Crippen LogP contribution in [-0.2, 0) is 16.6 Å². The summed E-state index contributed by atoms with van der Waals surface area (Å²) in [6.07, 6.45) is 5.65. The van der Waals surface area contributed by atoms with E-state index in [9.17, 15) is 13.2 Å². The van der Waals surface area contributed by atoms with Crippen LogP contribution in [0.1, 0.15) is 48.0 Å². The van der Waals surface area contributed by atoms with Gasteiger partial charge in [0.2, 0.25) is 10.0 Å². The molecular formula is C22H28N2O4S. The lowest BCUT2D eigenvalue weighted by atomic mass is 9.95. The maximum atomic E-state index is 12.8. The molecule has 0 radical (unpaired) electrons. The molecule has 6 nitrogen and oxygen atoms in total. The van der Waals surface area contributed by atoms with Gasteiger partial charge >= 0.3 is 0 Å². The van der Waals surface area contributed by atoms with Gasteiger partial charge in [0.1, 0.15) is 5.75 Å². The fraction of sp³-hybridized carbons (Fsp3) is 0.409. The third kappa shape index (κ3) is 5.36. The lowest BCUT2D eigenvalue weighted by Crippen LogP contribution is -2.36. The third-order valence-electron chi connectivity index (χ3n) is 5.33. The molecule has 7 heteroatoms. The molecule has 0 heterocycles. The van der Waals surface area contributed by atoms with Gasteiger partial charge in [-0.05, 0) is 54.8 Å². The van der Waals surface area contributed by atoms with Gasteiger partial charge in [0.25, 0.3) is 5.91 Å². The fourth-order valence-electron chi connectivity index (χ4n) is 3.55. The lowest BCUT2D eigenvalue weighted by Gasteiger charge is -2.22. The molecule has 1 fully saturated rings. The molecule has 0 spiro atoms. The highest BCUT2D eigenvalue weighted by atomic mass is 32.2. The van der Waals surface area contributed by atoms with Crippen LogP contribution in [0.5, 0.6) is 5.75 Å². The van der Waals surface area contributed by atoms with Crippen LogP contribution in [0, 0.1) is 0 Å². The van der Waals surface area contributed by atoms with Crippen LogP contribution in [-0.4, -0.2) is 38.8 Å². The van der Waals surface area contributed by atoms with Crippen molar-refractivity contribution in [3.8, 4) is 5.75 Å². The number of hydrogen-bond acceptors (Lipinski definition) is 4. The van der Waals surface area contributed by atoms with E-state index < -0.39 is 10.0 Å². The van der Waals surface area contributed by atoms with Gasteiger partial charge in [-0.2, -0.15) is 4.31 Å². The molecular weight excluding hydrogens is 388 g/mol. The van der Waals surface area contributed by atoms with Crippen molar-refractivity contribution >= 4 is 15.9 Å². The SMILES string of the molecule is COc1ccc(S(=O)(=O)N(C)Cc2ccc(C(=O)NC3CCCCC3)cc2)cc1. The summed E-state index contributed by atoms with van der Waals surface area (Å²) < 4.78 is 31.9. The summed E-state index contributed by atoms with van der Waals surface area (Å²) in [6.45, 7) is 0.221. The minimum absolute atomic E-state index is 0.0670. The molecule has 0 bridgehead atoms. The highest BCUT2D eigenvalue weighted by molar-refractivity contribution is 7.89. The molecule has 29 heavy (non-hydrogen) atoms. The molecule has 3 rings (SSSR count). The van der Waals surface area contributed by atoms with Crippen molar-refractivity contribution in [3.05, 3.63) is 59.7 Å². The predicted octanol–water partition coefficient (Wildman–Crippen LogP) is 3.58. The molecule has 1 saturated carbocycles. The predicted molar refractivity (Wildman–Crippen MR) is 112 cm³/mol. The first-order chi connectivity index (χ1) is 13.9. The number of carbonyl (C=O) groups is 1. The van der Waals surface area contributed by atoms with E-state index in [0.29, 0.717) is 11.3 Å². The summed E-state index contributed by atoms with van der Waals surface area (Å²) >= 11 is 0. The molecule has 2 aromatic carbocycles. The highest BCUT2D eigenvalue weighted by Crippen LogP contribution is 2.21. The average molecular weight is 417 g/mol.